The minimum Gasteiger partial charge on any atom is -0.337 e. The molecule has 0 aromatic heterocycles. The Labute approximate surface area is 144 Å². The summed E-state index contributed by atoms with van der Waals surface area (Å²) in [7, 11) is 0. The molecule has 0 saturated carbocycles. The van der Waals surface area contributed by atoms with Crippen LogP contribution in [0.2, 0.25) is 0 Å². The largest absolute Gasteiger partial charge is 0.337 e. The number of rotatable bonds is 6. The fourth-order valence-electron chi connectivity index (χ4n) is 3.39. The highest BCUT2D eigenvalue weighted by atomic mass is 16.2. The molecule has 1 fully saturated rings. The van der Waals surface area contributed by atoms with Crippen molar-refractivity contribution < 1.29 is 4.79 Å². The fourth-order valence-corrected chi connectivity index (χ4v) is 3.39. The molecule has 1 saturated heterocycles. The molecule has 3 rings (SSSR count). The van der Waals surface area contributed by atoms with Crippen molar-refractivity contribution in [1.82, 2.24) is 10.2 Å². The molecule has 0 spiro atoms. The van der Waals surface area contributed by atoms with E-state index in [0.29, 0.717) is 12.3 Å². The maximum absolute atomic E-state index is 12.7. The number of carbonyl (C=O) groups excluding carboxylic acids is 1. The van der Waals surface area contributed by atoms with Gasteiger partial charge in [-0.25, -0.2) is 0 Å². The highest BCUT2D eigenvalue weighted by Crippen LogP contribution is 2.14. The van der Waals surface area contributed by atoms with Crippen molar-refractivity contribution in [1.29, 1.82) is 0 Å². The number of piperazine rings is 1. The van der Waals surface area contributed by atoms with Crippen molar-refractivity contribution in [3.8, 4) is 0 Å². The molecule has 0 bridgehead atoms. The van der Waals surface area contributed by atoms with Crippen molar-refractivity contribution >= 4 is 5.91 Å². The lowest BCUT2D eigenvalue weighted by Crippen LogP contribution is -2.54. The molecule has 24 heavy (non-hydrogen) atoms. The average molecular weight is 322 g/mol. The molecular formula is C21H26N2O. The van der Waals surface area contributed by atoms with Gasteiger partial charge in [0.25, 0.3) is 0 Å². The Kier molecular flexibility index (Phi) is 6.02. The molecule has 1 N–H and O–H groups in total. The Hall–Kier alpha value is -2.13. The number of hydrogen-bond acceptors (Lipinski definition) is 2. The van der Waals surface area contributed by atoms with Crippen molar-refractivity contribution in [3.63, 3.8) is 0 Å². The molecule has 3 heteroatoms. The van der Waals surface area contributed by atoms with E-state index in [0.717, 1.165) is 38.9 Å². The van der Waals surface area contributed by atoms with E-state index in [4.69, 9.17) is 0 Å². The Bertz CT molecular complexity index is 627. The molecule has 1 amide bonds. The molecule has 0 radical (unpaired) electrons. The van der Waals surface area contributed by atoms with Crippen LogP contribution < -0.4 is 5.32 Å². The van der Waals surface area contributed by atoms with Crippen molar-refractivity contribution in [2.24, 2.45) is 0 Å². The molecule has 2 aromatic carbocycles. The van der Waals surface area contributed by atoms with E-state index in [1.807, 2.05) is 12.1 Å². The van der Waals surface area contributed by atoms with E-state index in [2.05, 4.69) is 58.7 Å². The maximum Gasteiger partial charge on any atom is 0.222 e. The monoisotopic (exact) mass is 322 g/mol. The third-order valence-corrected chi connectivity index (χ3v) is 4.68. The number of carbonyl (C=O) groups is 1. The van der Waals surface area contributed by atoms with E-state index >= 15 is 0 Å². The van der Waals surface area contributed by atoms with Gasteiger partial charge in [0.2, 0.25) is 5.91 Å². The van der Waals surface area contributed by atoms with Crippen LogP contribution in [0.25, 0.3) is 0 Å². The van der Waals surface area contributed by atoms with Crippen LogP contribution in [0, 0.1) is 0 Å². The maximum atomic E-state index is 12.7. The highest BCUT2D eigenvalue weighted by Gasteiger charge is 2.26. The summed E-state index contributed by atoms with van der Waals surface area (Å²) in [6.45, 7) is 2.61. The lowest BCUT2D eigenvalue weighted by atomic mass is 10.0. The summed E-state index contributed by atoms with van der Waals surface area (Å²) >= 11 is 0. The molecule has 3 nitrogen and oxygen atoms in total. The van der Waals surface area contributed by atoms with E-state index < -0.39 is 0 Å². The van der Waals surface area contributed by atoms with Crippen LogP contribution in [0.5, 0.6) is 0 Å². The summed E-state index contributed by atoms with van der Waals surface area (Å²) in [5, 5.41) is 3.43. The second-order valence-corrected chi connectivity index (χ2v) is 6.47. The summed E-state index contributed by atoms with van der Waals surface area (Å²) in [5.74, 6) is 0.299. The van der Waals surface area contributed by atoms with E-state index in [-0.39, 0.29) is 6.04 Å². The first-order valence-corrected chi connectivity index (χ1v) is 8.91. The smallest absolute Gasteiger partial charge is 0.222 e. The van der Waals surface area contributed by atoms with Crippen LogP contribution in [0.4, 0.5) is 0 Å². The van der Waals surface area contributed by atoms with Gasteiger partial charge in [0.1, 0.15) is 0 Å². The number of nitrogens with zero attached hydrogens (tertiary/aromatic N) is 1. The summed E-state index contributed by atoms with van der Waals surface area (Å²) < 4.78 is 0. The van der Waals surface area contributed by atoms with Crippen molar-refractivity contribution in [3.05, 3.63) is 71.8 Å². The van der Waals surface area contributed by atoms with Crippen LogP contribution in [0.3, 0.4) is 0 Å². The first-order chi connectivity index (χ1) is 11.8. The Morgan fingerprint density at radius 2 is 1.67 bits per heavy atom. The second-order valence-electron chi connectivity index (χ2n) is 6.47. The molecular weight excluding hydrogens is 296 g/mol. The first-order valence-electron chi connectivity index (χ1n) is 8.91. The van der Waals surface area contributed by atoms with Crippen LogP contribution in [-0.2, 0) is 17.6 Å². The Morgan fingerprint density at radius 3 is 2.38 bits per heavy atom. The Morgan fingerprint density at radius 1 is 1.00 bits per heavy atom. The van der Waals surface area contributed by atoms with E-state index in [9.17, 15) is 4.79 Å². The van der Waals surface area contributed by atoms with Gasteiger partial charge in [-0.2, -0.15) is 0 Å². The predicted octanol–water partition coefficient (Wildman–Crippen LogP) is 3.05. The fraction of sp³-hybridized carbons (Fsp3) is 0.381. The van der Waals surface area contributed by atoms with Crippen LogP contribution in [0.15, 0.2) is 60.7 Å². The summed E-state index contributed by atoms with van der Waals surface area (Å²) in [4.78, 5) is 14.8. The summed E-state index contributed by atoms with van der Waals surface area (Å²) in [5.41, 5.74) is 2.61. The van der Waals surface area contributed by atoms with Gasteiger partial charge in [0.05, 0.1) is 0 Å². The zero-order valence-corrected chi connectivity index (χ0v) is 14.2. The van der Waals surface area contributed by atoms with Gasteiger partial charge in [0.15, 0.2) is 0 Å². The van der Waals surface area contributed by atoms with Gasteiger partial charge >= 0.3 is 0 Å². The number of hydrogen-bond donors (Lipinski definition) is 1. The number of aryl methyl sites for hydroxylation is 1. The highest BCUT2D eigenvalue weighted by molar-refractivity contribution is 5.76. The molecule has 0 aliphatic carbocycles. The molecule has 1 aliphatic heterocycles. The van der Waals surface area contributed by atoms with Gasteiger partial charge < -0.3 is 10.2 Å². The van der Waals surface area contributed by atoms with Crippen LogP contribution >= 0.6 is 0 Å². The average Bonchev–Trinajstić information content (AvgIpc) is 2.64. The standard InChI is InChI=1S/C21H26N2O/c24-21(13-7-12-18-8-3-1-4-9-18)23-15-14-22-17-20(23)16-19-10-5-2-6-11-19/h1-6,8-11,20,22H,7,12-17H2/t20-/m1/s1. The number of benzene rings is 2. The quantitative estimate of drug-likeness (QED) is 0.886. The number of amides is 1. The predicted molar refractivity (Wildman–Crippen MR) is 97.9 cm³/mol. The zero-order valence-electron chi connectivity index (χ0n) is 14.2. The minimum atomic E-state index is 0.269. The molecule has 1 heterocycles. The van der Waals surface area contributed by atoms with Gasteiger partial charge in [-0.1, -0.05) is 60.7 Å². The van der Waals surface area contributed by atoms with Gasteiger partial charge in [-0.3, -0.25) is 4.79 Å². The van der Waals surface area contributed by atoms with Gasteiger partial charge in [0, 0.05) is 32.1 Å². The van der Waals surface area contributed by atoms with E-state index in [1.54, 1.807) is 0 Å². The van der Waals surface area contributed by atoms with Crippen LogP contribution in [-0.4, -0.2) is 36.5 Å². The van der Waals surface area contributed by atoms with Crippen molar-refractivity contribution in [2.75, 3.05) is 19.6 Å². The lowest BCUT2D eigenvalue weighted by Gasteiger charge is -2.36. The minimum absolute atomic E-state index is 0.269. The first kappa shape index (κ1) is 16.7. The third kappa shape index (κ3) is 4.68. The lowest BCUT2D eigenvalue weighted by molar-refractivity contribution is -0.134. The summed E-state index contributed by atoms with van der Waals surface area (Å²) in [6.07, 6.45) is 3.46. The molecule has 126 valence electrons. The normalized spacial score (nSPS) is 17.7. The van der Waals surface area contributed by atoms with Gasteiger partial charge in [-0.15, -0.1) is 0 Å². The number of nitrogens with one attached hydrogen (secondary N) is 1. The van der Waals surface area contributed by atoms with Crippen molar-refractivity contribution in [2.45, 2.75) is 31.7 Å². The molecule has 1 atom stereocenters. The SMILES string of the molecule is O=C(CCCc1ccccc1)N1CCNC[C@H]1Cc1ccccc1. The topological polar surface area (TPSA) is 32.3 Å². The third-order valence-electron chi connectivity index (χ3n) is 4.68. The second kappa shape index (κ2) is 8.65. The van der Waals surface area contributed by atoms with Gasteiger partial charge in [-0.05, 0) is 30.4 Å². The molecule has 1 aliphatic rings. The Balaban J connectivity index is 1.53. The van der Waals surface area contributed by atoms with E-state index in [1.165, 1.54) is 11.1 Å². The molecule has 0 unspecified atom stereocenters. The van der Waals surface area contributed by atoms with Crippen LogP contribution in [0.1, 0.15) is 24.0 Å². The summed E-state index contributed by atoms with van der Waals surface area (Å²) in [6, 6.07) is 21.1. The molecule has 2 aromatic rings. The zero-order chi connectivity index (χ0) is 16.6.